The summed E-state index contributed by atoms with van der Waals surface area (Å²) in [5.74, 6) is 0.783. The third-order valence-electron chi connectivity index (χ3n) is 2.27. The van der Waals surface area contributed by atoms with E-state index in [9.17, 15) is 0 Å². The summed E-state index contributed by atoms with van der Waals surface area (Å²) >= 11 is 0. The third-order valence-corrected chi connectivity index (χ3v) is 2.27. The maximum Gasteiger partial charge on any atom is 0.148 e. The Bertz CT molecular complexity index is 431. The average molecular weight is 199 g/mol. The number of aromatic nitrogens is 2. The minimum atomic E-state index is 0.783. The molecule has 0 aliphatic carbocycles. The highest BCUT2D eigenvalue weighted by atomic mass is 15.2. The van der Waals surface area contributed by atoms with Gasteiger partial charge >= 0.3 is 0 Å². The van der Waals surface area contributed by atoms with Crippen LogP contribution in [0.2, 0.25) is 0 Å². The second-order valence-corrected chi connectivity index (χ2v) is 3.42. The minimum absolute atomic E-state index is 0.783. The molecule has 0 unspecified atom stereocenters. The van der Waals surface area contributed by atoms with Crippen LogP contribution >= 0.6 is 0 Å². The van der Waals surface area contributed by atoms with Gasteiger partial charge in [0.05, 0.1) is 5.69 Å². The first kappa shape index (κ1) is 9.65. The van der Waals surface area contributed by atoms with Crippen molar-refractivity contribution in [3.05, 3.63) is 42.0 Å². The van der Waals surface area contributed by atoms with Crippen LogP contribution in [-0.2, 0) is 0 Å². The first-order valence-corrected chi connectivity index (χ1v) is 4.88. The zero-order chi connectivity index (χ0) is 10.7. The van der Waals surface area contributed by atoms with Crippen LogP contribution in [0.5, 0.6) is 0 Å². The fraction of sp³-hybridized carbons (Fsp3) is 0.167. The molecular formula is C12H13N3. The van der Waals surface area contributed by atoms with Crippen LogP contribution in [0.1, 0.15) is 5.56 Å². The fourth-order valence-electron chi connectivity index (χ4n) is 1.34. The molecule has 0 atom stereocenters. The molecule has 1 heterocycles. The van der Waals surface area contributed by atoms with E-state index in [1.54, 1.807) is 0 Å². The van der Waals surface area contributed by atoms with Gasteiger partial charge in [0.2, 0.25) is 0 Å². The molecule has 2 aromatic rings. The van der Waals surface area contributed by atoms with Crippen LogP contribution in [0.3, 0.4) is 0 Å². The molecular weight excluding hydrogens is 186 g/mol. The largest absolute Gasteiger partial charge is 0.372 e. The Morgan fingerprint density at radius 3 is 2.20 bits per heavy atom. The lowest BCUT2D eigenvalue weighted by molar-refractivity contribution is 1.04. The Labute approximate surface area is 89.2 Å². The van der Waals surface area contributed by atoms with Crippen LogP contribution in [0, 0.1) is 6.92 Å². The maximum absolute atomic E-state index is 4.14. The highest BCUT2D eigenvalue weighted by molar-refractivity contribution is 5.59. The van der Waals surface area contributed by atoms with Gasteiger partial charge in [-0.15, -0.1) is 10.2 Å². The van der Waals surface area contributed by atoms with E-state index < -0.39 is 0 Å². The van der Waals surface area contributed by atoms with Gasteiger partial charge < -0.3 is 5.32 Å². The third kappa shape index (κ3) is 2.13. The number of nitrogens with zero attached hydrogens (tertiary/aromatic N) is 2. The van der Waals surface area contributed by atoms with Crippen molar-refractivity contribution in [1.29, 1.82) is 0 Å². The lowest BCUT2D eigenvalue weighted by Crippen LogP contribution is -1.95. The van der Waals surface area contributed by atoms with E-state index in [1.165, 1.54) is 5.56 Å². The van der Waals surface area contributed by atoms with Crippen LogP contribution < -0.4 is 5.32 Å². The van der Waals surface area contributed by atoms with Gasteiger partial charge in [-0.3, -0.25) is 0 Å². The van der Waals surface area contributed by atoms with Crippen LogP contribution in [0.4, 0.5) is 5.82 Å². The highest BCUT2D eigenvalue weighted by Crippen LogP contribution is 2.17. The molecule has 76 valence electrons. The quantitative estimate of drug-likeness (QED) is 0.807. The van der Waals surface area contributed by atoms with Crippen molar-refractivity contribution in [3.8, 4) is 11.3 Å². The minimum Gasteiger partial charge on any atom is -0.372 e. The topological polar surface area (TPSA) is 37.8 Å². The van der Waals surface area contributed by atoms with Crippen molar-refractivity contribution >= 4 is 5.82 Å². The van der Waals surface area contributed by atoms with Gasteiger partial charge in [0.1, 0.15) is 5.82 Å². The molecule has 15 heavy (non-hydrogen) atoms. The predicted octanol–water partition coefficient (Wildman–Crippen LogP) is 2.49. The Balaban J connectivity index is 2.33. The summed E-state index contributed by atoms with van der Waals surface area (Å²) in [5.41, 5.74) is 3.24. The summed E-state index contributed by atoms with van der Waals surface area (Å²) in [6.07, 6.45) is 0. The predicted molar refractivity (Wildman–Crippen MR) is 61.8 cm³/mol. The number of rotatable bonds is 2. The van der Waals surface area contributed by atoms with Gasteiger partial charge in [0.25, 0.3) is 0 Å². The summed E-state index contributed by atoms with van der Waals surface area (Å²) in [5, 5.41) is 11.1. The molecule has 0 fully saturated rings. The number of anilines is 1. The van der Waals surface area contributed by atoms with Crippen molar-refractivity contribution in [3.63, 3.8) is 0 Å². The molecule has 0 amide bonds. The van der Waals surface area contributed by atoms with Gasteiger partial charge in [-0.05, 0) is 19.1 Å². The van der Waals surface area contributed by atoms with Gasteiger partial charge in [0, 0.05) is 12.6 Å². The zero-order valence-corrected chi connectivity index (χ0v) is 8.86. The smallest absolute Gasteiger partial charge is 0.148 e. The number of hydrogen-bond acceptors (Lipinski definition) is 3. The normalized spacial score (nSPS) is 10.0. The highest BCUT2D eigenvalue weighted by Gasteiger charge is 1.99. The second-order valence-electron chi connectivity index (χ2n) is 3.42. The zero-order valence-electron chi connectivity index (χ0n) is 8.86. The molecule has 0 aliphatic heterocycles. The molecule has 3 heteroatoms. The molecule has 0 aliphatic rings. The van der Waals surface area contributed by atoms with Gasteiger partial charge in [-0.2, -0.15) is 0 Å². The van der Waals surface area contributed by atoms with Crippen LogP contribution in [-0.4, -0.2) is 17.2 Å². The van der Waals surface area contributed by atoms with E-state index in [0.29, 0.717) is 0 Å². The molecule has 2 rings (SSSR count). The van der Waals surface area contributed by atoms with E-state index in [-0.39, 0.29) is 0 Å². The first-order valence-electron chi connectivity index (χ1n) is 4.88. The van der Waals surface area contributed by atoms with Crippen molar-refractivity contribution in [1.82, 2.24) is 10.2 Å². The summed E-state index contributed by atoms with van der Waals surface area (Å²) in [7, 11) is 1.83. The van der Waals surface area contributed by atoms with E-state index in [4.69, 9.17) is 0 Å². The van der Waals surface area contributed by atoms with Crippen molar-refractivity contribution in [2.75, 3.05) is 12.4 Å². The summed E-state index contributed by atoms with van der Waals surface area (Å²) in [6, 6.07) is 12.1. The lowest BCUT2D eigenvalue weighted by Gasteiger charge is -2.01. The maximum atomic E-state index is 4.14. The molecule has 0 spiro atoms. The summed E-state index contributed by atoms with van der Waals surface area (Å²) in [4.78, 5) is 0. The SMILES string of the molecule is CNc1ccc(-c2ccc(C)cc2)nn1. The van der Waals surface area contributed by atoms with Gasteiger partial charge in [-0.25, -0.2) is 0 Å². The van der Waals surface area contributed by atoms with Crippen LogP contribution in [0.25, 0.3) is 11.3 Å². The van der Waals surface area contributed by atoms with E-state index in [0.717, 1.165) is 17.1 Å². The molecule has 0 saturated heterocycles. The van der Waals surface area contributed by atoms with E-state index in [1.807, 2.05) is 19.2 Å². The monoisotopic (exact) mass is 199 g/mol. The molecule has 0 bridgehead atoms. The summed E-state index contributed by atoms with van der Waals surface area (Å²) < 4.78 is 0. The number of hydrogen-bond donors (Lipinski definition) is 1. The van der Waals surface area contributed by atoms with E-state index >= 15 is 0 Å². The molecule has 0 saturated carbocycles. The van der Waals surface area contributed by atoms with Crippen molar-refractivity contribution < 1.29 is 0 Å². The number of aryl methyl sites for hydroxylation is 1. The molecule has 1 aromatic carbocycles. The molecule has 0 radical (unpaired) electrons. The summed E-state index contributed by atoms with van der Waals surface area (Å²) in [6.45, 7) is 2.07. The van der Waals surface area contributed by atoms with Crippen LogP contribution in [0.15, 0.2) is 36.4 Å². The van der Waals surface area contributed by atoms with E-state index in [2.05, 4.69) is 46.7 Å². The number of benzene rings is 1. The standard InChI is InChI=1S/C12H13N3/c1-9-3-5-10(6-4-9)11-7-8-12(13-2)15-14-11/h3-8H,1-2H3,(H,13,15). The fourth-order valence-corrected chi connectivity index (χ4v) is 1.34. The van der Waals surface area contributed by atoms with Gasteiger partial charge in [-0.1, -0.05) is 29.8 Å². The molecule has 1 N–H and O–H groups in total. The Morgan fingerprint density at radius 2 is 1.67 bits per heavy atom. The van der Waals surface area contributed by atoms with Crippen molar-refractivity contribution in [2.45, 2.75) is 6.92 Å². The lowest BCUT2D eigenvalue weighted by atomic mass is 10.1. The molecule has 1 aromatic heterocycles. The second kappa shape index (κ2) is 4.09. The Kier molecular flexibility index (Phi) is 2.63. The number of nitrogens with one attached hydrogen (secondary N) is 1. The average Bonchev–Trinajstić information content (AvgIpc) is 2.30. The first-order chi connectivity index (χ1) is 7.29. The Hall–Kier alpha value is -1.90. The van der Waals surface area contributed by atoms with Gasteiger partial charge in [0.15, 0.2) is 0 Å². The Morgan fingerprint density at radius 1 is 0.933 bits per heavy atom. The molecule has 3 nitrogen and oxygen atoms in total. The van der Waals surface area contributed by atoms with Crippen molar-refractivity contribution in [2.24, 2.45) is 0 Å².